The summed E-state index contributed by atoms with van der Waals surface area (Å²) in [6.45, 7) is 5.93. The van der Waals surface area contributed by atoms with Gasteiger partial charge in [-0.25, -0.2) is 13.4 Å². The van der Waals surface area contributed by atoms with E-state index in [9.17, 15) is 8.42 Å². The fourth-order valence-corrected chi connectivity index (χ4v) is 5.79. The van der Waals surface area contributed by atoms with Crippen molar-refractivity contribution in [1.82, 2.24) is 14.9 Å². The first-order chi connectivity index (χ1) is 18.5. The fourth-order valence-electron chi connectivity index (χ4n) is 4.47. The highest BCUT2D eigenvalue weighted by Crippen LogP contribution is 2.40. The molecule has 3 aromatic rings. The fraction of sp³-hybridized carbons (Fsp3) is 0.333. The third-order valence-electron chi connectivity index (χ3n) is 6.81. The predicted molar refractivity (Wildman–Crippen MR) is 164 cm³/mol. The van der Waals surface area contributed by atoms with E-state index in [1.54, 1.807) is 31.4 Å². The van der Waals surface area contributed by atoms with Crippen LogP contribution in [0.2, 0.25) is 5.02 Å². The minimum atomic E-state index is -3.51. The summed E-state index contributed by atoms with van der Waals surface area (Å²) < 4.78 is 32.4. The Kier molecular flexibility index (Phi) is 9.05. The van der Waals surface area contributed by atoms with Crippen LogP contribution in [0, 0.1) is 0 Å². The van der Waals surface area contributed by atoms with Crippen LogP contribution in [0.5, 0.6) is 5.75 Å². The van der Waals surface area contributed by atoms with E-state index in [0.29, 0.717) is 34.5 Å². The van der Waals surface area contributed by atoms with Crippen molar-refractivity contribution in [2.24, 2.45) is 0 Å². The van der Waals surface area contributed by atoms with Crippen molar-refractivity contribution in [2.45, 2.75) is 18.8 Å². The molecule has 1 aromatic heterocycles. The van der Waals surface area contributed by atoms with E-state index in [1.165, 1.54) is 23.1 Å². The maximum Gasteiger partial charge on any atom is 0.232 e. The standard InChI is InChI=1S/C27H32BrClN6O3S/c1-6-17-7-8-24(35(3)39(5,36)37)22(13-17)31-26-21(29)16-30-27(33-26)32-23-15-20(28)19(14-25(23)38-4)18-9-11-34(2)12-10-18/h6-8,13-16,18H,1,9-12H2,2-5H3,(H2,30,31,32,33). The van der Waals surface area contributed by atoms with Crippen LogP contribution in [-0.4, -0.2) is 63.8 Å². The van der Waals surface area contributed by atoms with Gasteiger partial charge in [-0.3, -0.25) is 4.31 Å². The number of piperidine rings is 1. The number of methoxy groups -OCH3 is 1. The molecule has 0 aliphatic carbocycles. The van der Waals surface area contributed by atoms with Crippen LogP contribution in [0.1, 0.15) is 29.9 Å². The highest BCUT2D eigenvalue weighted by atomic mass is 79.9. The van der Waals surface area contributed by atoms with Crippen molar-refractivity contribution >= 4 is 72.5 Å². The molecule has 0 unspecified atom stereocenters. The third-order valence-corrected chi connectivity index (χ3v) is 8.97. The maximum absolute atomic E-state index is 12.2. The molecule has 12 heteroatoms. The summed E-state index contributed by atoms with van der Waals surface area (Å²) in [5.41, 5.74) is 3.64. The lowest BCUT2D eigenvalue weighted by Crippen LogP contribution is -2.29. The predicted octanol–water partition coefficient (Wildman–Crippen LogP) is 6.24. The number of anilines is 5. The van der Waals surface area contributed by atoms with Crippen molar-refractivity contribution in [3.05, 3.63) is 63.7 Å². The SMILES string of the molecule is C=Cc1ccc(N(C)S(C)(=O)=O)c(Nc2nc(Nc3cc(Br)c(C4CCN(C)CC4)cc3OC)ncc2Cl)c1. The van der Waals surface area contributed by atoms with Crippen LogP contribution in [0.4, 0.5) is 28.8 Å². The molecule has 39 heavy (non-hydrogen) atoms. The Labute approximate surface area is 243 Å². The smallest absolute Gasteiger partial charge is 0.232 e. The summed E-state index contributed by atoms with van der Waals surface area (Å²) in [4.78, 5) is 11.3. The molecule has 2 heterocycles. The highest BCUT2D eigenvalue weighted by molar-refractivity contribution is 9.10. The summed E-state index contributed by atoms with van der Waals surface area (Å²) in [6.07, 6.45) is 6.46. The van der Waals surface area contributed by atoms with Gasteiger partial charge in [0.05, 0.1) is 36.6 Å². The van der Waals surface area contributed by atoms with E-state index >= 15 is 0 Å². The number of hydrogen-bond donors (Lipinski definition) is 2. The summed E-state index contributed by atoms with van der Waals surface area (Å²) in [5.74, 6) is 1.72. The Bertz CT molecular complexity index is 1480. The van der Waals surface area contributed by atoms with Gasteiger partial charge in [-0.1, -0.05) is 46.3 Å². The van der Waals surface area contributed by atoms with Gasteiger partial charge < -0.3 is 20.3 Å². The zero-order chi connectivity index (χ0) is 28.3. The lowest BCUT2D eigenvalue weighted by Gasteiger charge is -2.30. The average molecular weight is 636 g/mol. The quantitative estimate of drug-likeness (QED) is 0.285. The van der Waals surface area contributed by atoms with Gasteiger partial charge in [0.1, 0.15) is 10.8 Å². The van der Waals surface area contributed by atoms with Crippen LogP contribution in [0.15, 0.2) is 47.6 Å². The summed E-state index contributed by atoms with van der Waals surface area (Å²) in [5, 5.41) is 6.67. The van der Waals surface area contributed by atoms with E-state index in [2.05, 4.69) is 61.1 Å². The lowest BCUT2D eigenvalue weighted by molar-refractivity contribution is 0.255. The summed E-state index contributed by atoms with van der Waals surface area (Å²) >= 11 is 10.2. The van der Waals surface area contributed by atoms with Gasteiger partial charge in [-0.15, -0.1) is 0 Å². The van der Waals surface area contributed by atoms with Crippen molar-refractivity contribution < 1.29 is 13.2 Å². The second kappa shape index (κ2) is 12.1. The molecule has 208 valence electrons. The Morgan fingerprint density at radius 2 is 1.92 bits per heavy atom. The molecule has 1 saturated heterocycles. The van der Waals surface area contributed by atoms with Gasteiger partial charge in [0.25, 0.3) is 0 Å². The zero-order valence-corrected chi connectivity index (χ0v) is 25.5. The third kappa shape index (κ3) is 6.84. The average Bonchev–Trinajstić information content (AvgIpc) is 2.90. The number of rotatable bonds is 9. The number of hydrogen-bond acceptors (Lipinski definition) is 8. The number of halogens is 2. The molecule has 1 aliphatic heterocycles. The highest BCUT2D eigenvalue weighted by Gasteiger charge is 2.23. The molecule has 0 saturated carbocycles. The molecule has 1 fully saturated rings. The van der Waals surface area contributed by atoms with Gasteiger partial charge in [-0.05, 0) is 74.3 Å². The van der Waals surface area contributed by atoms with Crippen molar-refractivity contribution in [3.8, 4) is 5.75 Å². The number of likely N-dealkylation sites (tertiary alicyclic amines) is 1. The zero-order valence-electron chi connectivity index (χ0n) is 22.3. The number of sulfonamides is 1. The second-order valence-electron chi connectivity index (χ2n) is 9.50. The number of nitrogens with zero attached hydrogens (tertiary/aromatic N) is 4. The molecule has 0 radical (unpaired) electrons. The molecule has 2 aromatic carbocycles. The van der Waals surface area contributed by atoms with Gasteiger partial charge in [-0.2, -0.15) is 4.98 Å². The van der Waals surface area contributed by atoms with E-state index in [4.69, 9.17) is 16.3 Å². The van der Waals surface area contributed by atoms with Crippen molar-refractivity contribution in [3.63, 3.8) is 0 Å². The molecule has 9 nitrogen and oxygen atoms in total. The molecule has 0 spiro atoms. The Hall–Kier alpha value is -2.86. The largest absolute Gasteiger partial charge is 0.495 e. The first kappa shape index (κ1) is 29.1. The minimum Gasteiger partial charge on any atom is -0.495 e. The number of benzene rings is 2. The van der Waals surface area contributed by atoms with Crippen molar-refractivity contribution in [2.75, 3.05) is 55.5 Å². The molecule has 1 aliphatic rings. The Morgan fingerprint density at radius 1 is 1.21 bits per heavy atom. The topological polar surface area (TPSA) is 99.7 Å². The van der Waals surface area contributed by atoms with Crippen LogP contribution in [-0.2, 0) is 10.0 Å². The lowest BCUT2D eigenvalue weighted by atomic mass is 9.89. The molecular weight excluding hydrogens is 604 g/mol. The van der Waals surface area contributed by atoms with Gasteiger partial charge in [0.2, 0.25) is 16.0 Å². The van der Waals surface area contributed by atoms with E-state index in [1.807, 2.05) is 6.07 Å². The molecule has 2 N–H and O–H groups in total. The van der Waals surface area contributed by atoms with Gasteiger partial charge >= 0.3 is 0 Å². The Balaban J connectivity index is 1.64. The second-order valence-corrected chi connectivity index (χ2v) is 12.8. The van der Waals surface area contributed by atoms with Crippen LogP contribution < -0.4 is 19.7 Å². The molecule has 0 amide bonds. The first-order valence-corrected chi connectivity index (χ1v) is 15.3. The normalized spacial score (nSPS) is 14.6. The monoisotopic (exact) mass is 634 g/mol. The molecule has 4 rings (SSSR count). The Morgan fingerprint density at radius 3 is 2.56 bits per heavy atom. The van der Waals surface area contributed by atoms with Crippen LogP contribution >= 0.6 is 27.5 Å². The minimum absolute atomic E-state index is 0.267. The molecule has 0 bridgehead atoms. The van der Waals surface area contributed by atoms with E-state index in [-0.39, 0.29) is 11.0 Å². The van der Waals surface area contributed by atoms with E-state index in [0.717, 1.165) is 42.2 Å². The van der Waals surface area contributed by atoms with Gasteiger partial charge in [0.15, 0.2) is 5.82 Å². The summed E-state index contributed by atoms with van der Waals surface area (Å²) in [7, 11) is 1.76. The number of nitrogens with one attached hydrogen (secondary N) is 2. The van der Waals surface area contributed by atoms with Gasteiger partial charge in [0, 0.05) is 11.5 Å². The maximum atomic E-state index is 12.2. The first-order valence-electron chi connectivity index (χ1n) is 12.3. The number of aromatic nitrogens is 2. The van der Waals surface area contributed by atoms with Crippen LogP contribution in [0.25, 0.3) is 6.08 Å². The van der Waals surface area contributed by atoms with Crippen LogP contribution in [0.3, 0.4) is 0 Å². The summed E-state index contributed by atoms with van der Waals surface area (Å²) in [6, 6.07) is 9.29. The molecular formula is C27H32BrClN6O3S. The molecule has 0 atom stereocenters. The van der Waals surface area contributed by atoms with E-state index < -0.39 is 10.0 Å². The number of ether oxygens (including phenoxy) is 1. The van der Waals surface area contributed by atoms with Crippen molar-refractivity contribution in [1.29, 1.82) is 0 Å².